The van der Waals surface area contributed by atoms with Gasteiger partial charge in [0.15, 0.2) is 0 Å². The van der Waals surface area contributed by atoms with Crippen LogP contribution in [-0.2, 0) is 0 Å². The molecule has 0 atom stereocenters. The summed E-state index contributed by atoms with van der Waals surface area (Å²) in [6, 6.07) is 26.6. The van der Waals surface area contributed by atoms with Crippen LogP contribution in [0.2, 0.25) is 0 Å². The van der Waals surface area contributed by atoms with E-state index in [0.29, 0.717) is 5.56 Å². The van der Waals surface area contributed by atoms with Crippen LogP contribution in [0.15, 0.2) is 84.9 Å². The number of benzene rings is 3. The molecule has 2 nitrogen and oxygen atoms in total. The van der Waals surface area contributed by atoms with Gasteiger partial charge in [0.05, 0.1) is 0 Å². The first-order chi connectivity index (χ1) is 10.8. The Morgan fingerprint density at radius 2 is 1.18 bits per heavy atom. The number of hydrogen-bond donors (Lipinski definition) is 0. The van der Waals surface area contributed by atoms with Gasteiger partial charge in [-0.2, -0.15) is 0 Å². The van der Waals surface area contributed by atoms with Crippen LogP contribution in [0.1, 0.15) is 15.9 Å². The van der Waals surface area contributed by atoms with Crippen LogP contribution in [0.5, 0.6) is 0 Å². The Labute approximate surface area is 130 Å². The third kappa shape index (κ3) is 2.91. The number of carbonyl (C=O) groups excluding carboxylic acids is 1. The highest BCUT2D eigenvalue weighted by atomic mass is 16.2. The number of amides is 1. The van der Waals surface area contributed by atoms with Crippen LogP contribution in [0.3, 0.4) is 0 Å². The summed E-state index contributed by atoms with van der Waals surface area (Å²) in [6.45, 7) is 3.89. The summed E-state index contributed by atoms with van der Waals surface area (Å²) in [6.07, 6.45) is 0. The summed E-state index contributed by atoms with van der Waals surface area (Å²) in [5.74, 6) is -0.0522. The fraction of sp³-hybridized carbons (Fsp3) is 0. The van der Waals surface area contributed by atoms with Gasteiger partial charge in [-0.25, -0.2) is 0 Å². The standard InChI is InChI=1S/C20H16NO/c1-16-12-14-19(15-13-16)21(18-10-6-3-7-11-18)20(22)17-8-4-2-5-9-17/h2-15H,1H2. The first kappa shape index (κ1) is 14.1. The summed E-state index contributed by atoms with van der Waals surface area (Å²) >= 11 is 0. The topological polar surface area (TPSA) is 20.3 Å². The van der Waals surface area contributed by atoms with E-state index in [9.17, 15) is 4.79 Å². The maximum Gasteiger partial charge on any atom is 0.262 e. The third-order valence-electron chi connectivity index (χ3n) is 3.43. The van der Waals surface area contributed by atoms with Crippen LogP contribution < -0.4 is 4.90 Å². The van der Waals surface area contributed by atoms with E-state index >= 15 is 0 Å². The van der Waals surface area contributed by atoms with Crippen molar-refractivity contribution in [3.63, 3.8) is 0 Å². The molecule has 22 heavy (non-hydrogen) atoms. The third-order valence-corrected chi connectivity index (χ3v) is 3.43. The monoisotopic (exact) mass is 286 g/mol. The van der Waals surface area contributed by atoms with Gasteiger partial charge in [-0.1, -0.05) is 48.5 Å². The Bertz CT molecular complexity index is 749. The number of nitrogens with zero attached hydrogens (tertiary/aromatic N) is 1. The Hall–Kier alpha value is -2.87. The second-order valence-corrected chi connectivity index (χ2v) is 5.01. The van der Waals surface area contributed by atoms with Crippen molar-refractivity contribution < 1.29 is 4.79 Å². The molecule has 0 spiro atoms. The molecule has 0 heterocycles. The summed E-state index contributed by atoms with van der Waals surface area (Å²) in [4.78, 5) is 14.7. The first-order valence-electron chi connectivity index (χ1n) is 7.12. The van der Waals surface area contributed by atoms with E-state index in [-0.39, 0.29) is 5.91 Å². The number of anilines is 2. The van der Waals surface area contributed by atoms with E-state index in [0.717, 1.165) is 16.9 Å². The van der Waals surface area contributed by atoms with Crippen LogP contribution in [0.4, 0.5) is 11.4 Å². The zero-order valence-corrected chi connectivity index (χ0v) is 12.1. The van der Waals surface area contributed by atoms with E-state index in [4.69, 9.17) is 0 Å². The summed E-state index contributed by atoms with van der Waals surface area (Å²) < 4.78 is 0. The van der Waals surface area contributed by atoms with Gasteiger partial charge in [0.25, 0.3) is 5.91 Å². The molecule has 1 radical (unpaired) electrons. The average Bonchev–Trinajstić information content (AvgIpc) is 2.58. The largest absolute Gasteiger partial charge is 0.277 e. The van der Waals surface area contributed by atoms with Crippen molar-refractivity contribution in [2.24, 2.45) is 0 Å². The molecular weight excluding hydrogens is 270 g/mol. The molecule has 0 N–H and O–H groups in total. The van der Waals surface area contributed by atoms with Gasteiger partial charge in [0.2, 0.25) is 0 Å². The lowest BCUT2D eigenvalue weighted by atomic mass is 10.1. The minimum absolute atomic E-state index is 0.0522. The summed E-state index contributed by atoms with van der Waals surface area (Å²) in [7, 11) is 0. The zero-order valence-electron chi connectivity index (χ0n) is 12.1. The maximum atomic E-state index is 12.9. The van der Waals surface area contributed by atoms with Crippen LogP contribution >= 0.6 is 0 Å². The Morgan fingerprint density at radius 1 is 0.682 bits per heavy atom. The van der Waals surface area contributed by atoms with Crippen molar-refractivity contribution in [2.45, 2.75) is 0 Å². The molecular formula is C20H16NO. The van der Waals surface area contributed by atoms with Crippen molar-refractivity contribution in [3.8, 4) is 0 Å². The second-order valence-electron chi connectivity index (χ2n) is 5.01. The second kappa shape index (κ2) is 6.27. The molecule has 3 aromatic carbocycles. The van der Waals surface area contributed by atoms with Crippen LogP contribution in [-0.4, -0.2) is 5.91 Å². The highest BCUT2D eigenvalue weighted by Gasteiger charge is 2.19. The molecule has 0 fully saturated rings. The Balaban J connectivity index is 2.07. The SMILES string of the molecule is [CH2]c1ccc(N(C(=O)c2ccccc2)c2ccccc2)cc1. The molecule has 0 aliphatic carbocycles. The minimum atomic E-state index is -0.0522. The molecule has 3 aromatic rings. The smallest absolute Gasteiger partial charge is 0.262 e. The van der Waals surface area contributed by atoms with Crippen LogP contribution in [0.25, 0.3) is 0 Å². The lowest BCUT2D eigenvalue weighted by Gasteiger charge is -2.23. The van der Waals surface area contributed by atoms with E-state index in [1.807, 2.05) is 84.9 Å². The molecule has 1 amide bonds. The van der Waals surface area contributed by atoms with Crippen molar-refractivity contribution in [1.29, 1.82) is 0 Å². The highest BCUT2D eigenvalue weighted by molar-refractivity contribution is 6.10. The fourth-order valence-electron chi connectivity index (χ4n) is 2.32. The van der Waals surface area contributed by atoms with Gasteiger partial charge >= 0.3 is 0 Å². The quantitative estimate of drug-likeness (QED) is 0.674. The van der Waals surface area contributed by atoms with Gasteiger partial charge in [0, 0.05) is 16.9 Å². The van der Waals surface area contributed by atoms with Gasteiger partial charge in [-0.05, 0) is 48.9 Å². The predicted molar refractivity (Wildman–Crippen MR) is 90.3 cm³/mol. The van der Waals surface area contributed by atoms with Gasteiger partial charge in [-0.3, -0.25) is 9.69 Å². The van der Waals surface area contributed by atoms with E-state index in [1.165, 1.54) is 0 Å². The number of rotatable bonds is 3. The Kier molecular flexibility index (Phi) is 4.01. The van der Waals surface area contributed by atoms with Crippen molar-refractivity contribution in [1.82, 2.24) is 0 Å². The molecule has 0 saturated carbocycles. The van der Waals surface area contributed by atoms with Crippen LogP contribution in [0, 0.1) is 6.92 Å². The Morgan fingerprint density at radius 3 is 1.77 bits per heavy atom. The van der Waals surface area contributed by atoms with Gasteiger partial charge in [-0.15, -0.1) is 0 Å². The zero-order chi connectivity index (χ0) is 15.4. The van der Waals surface area contributed by atoms with Crippen molar-refractivity contribution in [2.75, 3.05) is 4.90 Å². The normalized spacial score (nSPS) is 10.2. The average molecular weight is 286 g/mol. The number of para-hydroxylation sites is 1. The highest BCUT2D eigenvalue weighted by Crippen LogP contribution is 2.27. The molecule has 3 rings (SSSR count). The maximum absolute atomic E-state index is 12.9. The summed E-state index contributed by atoms with van der Waals surface area (Å²) in [5, 5.41) is 0. The van der Waals surface area contributed by atoms with Gasteiger partial charge in [0.1, 0.15) is 0 Å². The molecule has 0 saturated heterocycles. The molecule has 0 aromatic heterocycles. The molecule has 0 aliphatic rings. The first-order valence-corrected chi connectivity index (χ1v) is 7.12. The van der Waals surface area contributed by atoms with Crippen molar-refractivity contribution in [3.05, 3.63) is 103 Å². The number of hydrogen-bond acceptors (Lipinski definition) is 1. The van der Waals surface area contributed by atoms with Crippen molar-refractivity contribution >= 4 is 17.3 Å². The van der Waals surface area contributed by atoms with Gasteiger partial charge < -0.3 is 0 Å². The fourth-order valence-corrected chi connectivity index (χ4v) is 2.32. The molecule has 0 aliphatic heterocycles. The molecule has 107 valence electrons. The lowest BCUT2D eigenvalue weighted by Crippen LogP contribution is -2.25. The molecule has 0 unspecified atom stereocenters. The predicted octanol–water partition coefficient (Wildman–Crippen LogP) is 4.85. The number of carbonyl (C=O) groups is 1. The lowest BCUT2D eigenvalue weighted by molar-refractivity contribution is 0.0999. The van der Waals surface area contributed by atoms with E-state index in [2.05, 4.69) is 6.92 Å². The molecule has 2 heteroatoms. The molecule has 0 bridgehead atoms. The van der Waals surface area contributed by atoms with E-state index in [1.54, 1.807) is 4.90 Å². The minimum Gasteiger partial charge on any atom is -0.277 e. The van der Waals surface area contributed by atoms with E-state index < -0.39 is 0 Å². The summed E-state index contributed by atoms with van der Waals surface area (Å²) in [5.41, 5.74) is 3.24.